The lowest BCUT2D eigenvalue weighted by Gasteiger charge is -2.02. The van der Waals surface area contributed by atoms with Crippen molar-refractivity contribution in [1.82, 2.24) is 4.98 Å². The molecule has 1 aromatic carbocycles. The molecule has 1 heterocycles. The van der Waals surface area contributed by atoms with Crippen LogP contribution in [-0.4, -0.2) is 4.98 Å². The molecule has 0 saturated heterocycles. The Labute approximate surface area is 90.5 Å². The summed E-state index contributed by atoms with van der Waals surface area (Å²) in [5.74, 6) is 0. The van der Waals surface area contributed by atoms with Crippen LogP contribution in [0.2, 0.25) is 0 Å². The van der Waals surface area contributed by atoms with Crippen LogP contribution in [0.5, 0.6) is 0 Å². The number of aromatic amines is 1. The maximum absolute atomic E-state index is 5.76. The first-order valence-electron chi connectivity index (χ1n) is 5.48. The van der Waals surface area contributed by atoms with Crippen LogP contribution in [0.25, 0.3) is 10.9 Å². The third-order valence-corrected chi connectivity index (χ3v) is 3.12. The van der Waals surface area contributed by atoms with Crippen molar-refractivity contribution >= 4 is 10.9 Å². The van der Waals surface area contributed by atoms with E-state index in [2.05, 4.69) is 37.9 Å². The first kappa shape index (κ1) is 10.2. The Morgan fingerprint density at radius 2 is 1.87 bits per heavy atom. The van der Waals surface area contributed by atoms with Gasteiger partial charge in [0.25, 0.3) is 0 Å². The fourth-order valence-corrected chi connectivity index (χ4v) is 2.30. The minimum absolute atomic E-state index is 0.594. The quantitative estimate of drug-likeness (QED) is 0.772. The van der Waals surface area contributed by atoms with Gasteiger partial charge in [0, 0.05) is 23.1 Å². The molecule has 0 aliphatic heterocycles. The first-order valence-corrected chi connectivity index (χ1v) is 5.48. The number of nitrogens with one attached hydrogen (secondary N) is 1. The van der Waals surface area contributed by atoms with Crippen LogP contribution in [0, 0.1) is 13.8 Å². The van der Waals surface area contributed by atoms with E-state index in [0.717, 1.165) is 6.42 Å². The number of fused-ring (bicyclic) bond motifs is 1. The normalized spacial score (nSPS) is 11.2. The molecule has 2 rings (SSSR count). The number of aryl methyl sites for hydroxylation is 3. The number of hydrogen-bond donors (Lipinski definition) is 2. The molecule has 0 radical (unpaired) electrons. The second kappa shape index (κ2) is 3.70. The highest BCUT2D eigenvalue weighted by Crippen LogP contribution is 2.28. The van der Waals surface area contributed by atoms with Crippen LogP contribution in [0.1, 0.15) is 29.3 Å². The van der Waals surface area contributed by atoms with E-state index >= 15 is 0 Å². The van der Waals surface area contributed by atoms with Gasteiger partial charge in [0.2, 0.25) is 0 Å². The van der Waals surface area contributed by atoms with Crippen LogP contribution in [-0.2, 0) is 13.0 Å². The monoisotopic (exact) mass is 202 g/mol. The van der Waals surface area contributed by atoms with Crippen molar-refractivity contribution < 1.29 is 0 Å². The highest BCUT2D eigenvalue weighted by atomic mass is 14.8. The van der Waals surface area contributed by atoms with Gasteiger partial charge in [-0.1, -0.05) is 19.1 Å². The molecule has 0 aliphatic carbocycles. The Balaban J connectivity index is 2.87. The van der Waals surface area contributed by atoms with E-state index in [1.807, 2.05) is 0 Å². The second-order valence-electron chi connectivity index (χ2n) is 4.09. The summed E-state index contributed by atoms with van der Waals surface area (Å²) in [5.41, 5.74) is 12.2. The van der Waals surface area contributed by atoms with Crippen molar-refractivity contribution in [2.24, 2.45) is 5.73 Å². The first-order chi connectivity index (χ1) is 7.19. The van der Waals surface area contributed by atoms with Crippen LogP contribution >= 0.6 is 0 Å². The Hall–Kier alpha value is -1.28. The Morgan fingerprint density at radius 3 is 2.47 bits per heavy atom. The van der Waals surface area contributed by atoms with Gasteiger partial charge >= 0.3 is 0 Å². The SMILES string of the molecule is CCc1c(CN)[nH]c2c(C)ccc(C)c12. The van der Waals surface area contributed by atoms with E-state index in [0.29, 0.717) is 6.54 Å². The molecule has 0 spiro atoms. The summed E-state index contributed by atoms with van der Waals surface area (Å²) in [6.45, 7) is 7.08. The molecule has 2 heteroatoms. The largest absolute Gasteiger partial charge is 0.357 e. The van der Waals surface area contributed by atoms with Crippen molar-refractivity contribution in [2.75, 3.05) is 0 Å². The zero-order chi connectivity index (χ0) is 11.0. The fourth-order valence-electron chi connectivity index (χ4n) is 2.30. The summed E-state index contributed by atoms with van der Waals surface area (Å²) >= 11 is 0. The molecule has 0 unspecified atom stereocenters. The molecule has 3 N–H and O–H groups in total. The molecular weight excluding hydrogens is 184 g/mol. The smallest absolute Gasteiger partial charge is 0.0491 e. The standard InChI is InChI=1S/C13H18N2/c1-4-10-11(7-14)15-13-9(3)6-5-8(2)12(10)13/h5-6,15H,4,7,14H2,1-3H3. The van der Waals surface area contributed by atoms with E-state index in [4.69, 9.17) is 5.73 Å². The van der Waals surface area contributed by atoms with Gasteiger partial charge in [-0.3, -0.25) is 0 Å². The summed E-state index contributed by atoms with van der Waals surface area (Å²) in [5, 5.41) is 1.37. The van der Waals surface area contributed by atoms with Crippen LogP contribution in [0.3, 0.4) is 0 Å². The van der Waals surface area contributed by atoms with E-state index in [1.165, 1.54) is 33.3 Å². The molecular formula is C13H18N2. The zero-order valence-electron chi connectivity index (χ0n) is 9.65. The van der Waals surface area contributed by atoms with Gasteiger partial charge in [-0.25, -0.2) is 0 Å². The van der Waals surface area contributed by atoms with Crippen molar-refractivity contribution in [3.63, 3.8) is 0 Å². The van der Waals surface area contributed by atoms with Gasteiger partial charge in [0.15, 0.2) is 0 Å². The summed E-state index contributed by atoms with van der Waals surface area (Å²) in [4.78, 5) is 3.45. The van der Waals surface area contributed by atoms with Gasteiger partial charge in [-0.05, 0) is 37.0 Å². The number of benzene rings is 1. The van der Waals surface area contributed by atoms with Crippen molar-refractivity contribution in [1.29, 1.82) is 0 Å². The lowest BCUT2D eigenvalue weighted by atomic mass is 10.0. The van der Waals surface area contributed by atoms with Gasteiger partial charge < -0.3 is 10.7 Å². The Bertz CT molecular complexity index is 495. The lowest BCUT2D eigenvalue weighted by Crippen LogP contribution is -1.99. The van der Waals surface area contributed by atoms with Crippen LogP contribution in [0.15, 0.2) is 12.1 Å². The lowest BCUT2D eigenvalue weighted by molar-refractivity contribution is 0.973. The third-order valence-electron chi connectivity index (χ3n) is 3.12. The van der Waals surface area contributed by atoms with Gasteiger partial charge in [0.05, 0.1) is 0 Å². The van der Waals surface area contributed by atoms with E-state index in [1.54, 1.807) is 0 Å². The molecule has 0 bridgehead atoms. The number of rotatable bonds is 2. The van der Waals surface area contributed by atoms with Crippen LogP contribution < -0.4 is 5.73 Å². The van der Waals surface area contributed by atoms with Crippen molar-refractivity contribution in [3.05, 3.63) is 34.5 Å². The van der Waals surface area contributed by atoms with Crippen molar-refractivity contribution in [3.8, 4) is 0 Å². The van der Waals surface area contributed by atoms with E-state index in [-0.39, 0.29) is 0 Å². The molecule has 1 aromatic heterocycles. The summed E-state index contributed by atoms with van der Waals surface area (Å²) in [6, 6.07) is 4.35. The molecule has 15 heavy (non-hydrogen) atoms. The molecule has 0 fully saturated rings. The maximum Gasteiger partial charge on any atom is 0.0491 e. The minimum Gasteiger partial charge on any atom is -0.357 e. The van der Waals surface area contributed by atoms with Gasteiger partial charge in [-0.15, -0.1) is 0 Å². The van der Waals surface area contributed by atoms with Gasteiger partial charge in [-0.2, -0.15) is 0 Å². The highest BCUT2D eigenvalue weighted by molar-refractivity contribution is 5.90. The summed E-state index contributed by atoms with van der Waals surface area (Å²) < 4.78 is 0. The van der Waals surface area contributed by atoms with E-state index < -0.39 is 0 Å². The highest BCUT2D eigenvalue weighted by Gasteiger charge is 2.11. The fraction of sp³-hybridized carbons (Fsp3) is 0.385. The molecule has 2 aromatic rings. The predicted molar refractivity (Wildman–Crippen MR) is 65.0 cm³/mol. The van der Waals surface area contributed by atoms with Crippen LogP contribution in [0.4, 0.5) is 0 Å². The van der Waals surface area contributed by atoms with Crippen molar-refractivity contribution in [2.45, 2.75) is 33.7 Å². The third kappa shape index (κ3) is 1.45. The van der Waals surface area contributed by atoms with Gasteiger partial charge in [0.1, 0.15) is 0 Å². The Morgan fingerprint density at radius 1 is 1.20 bits per heavy atom. The molecule has 0 aliphatic rings. The summed E-state index contributed by atoms with van der Waals surface area (Å²) in [7, 11) is 0. The molecule has 0 saturated carbocycles. The second-order valence-corrected chi connectivity index (χ2v) is 4.09. The Kier molecular flexibility index (Phi) is 2.53. The number of hydrogen-bond acceptors (Lipinski definition) is 1. The topological polar surface area (TPSA) is 41.8 Å². The summed E-state index contributed by atoms with van der Waals surface area (Å²) in [6.07, 6.45) is 1.04. The predicted octanol–water partition coefficient (Wildman–Crippen LogP) is 2.81. The molecule has 2 nitrogen and oxygen atoms in total. The maximum atomic E-state index is 5.76. The number of nitrogens with two attached hydrogens (primary N) is 1. The molecule has 0 atom stereocenters. The molecule has 80 valence electrons. The number of H-pyrrole nitrogens is 1. The average molecular weight is 202 g/mol. The zero-order valence-corrected chi connectivity index (χ0v) is 9.65. The molecule has 0 amide bonds. The number of aromatic nitrogens is 1. The van der Waals surface area contributed by atoms with E-state index in [9.17, 15) is 0 Å². The minimum atomic E-state index is 0.594. The average Bonchev–Trinajstić information content (AvgIpc) is 2.63.